The number of rotatable bonds is 2. The quantitative estimate of drug-likeness (QED) is 0.747. The first-order chi connectivity index (χ1) is 8.64. The molecule has 1 aliphatic carbocycles. The summed E-state index contributed by atoms with van der Waals surface area (Å²) in [6.45, 7) is 5.89. The van der Waals surface area contributed by atoms with Gasteiger partial charge in [-0.3, -0.25) is 4.90 Å². The van der Waals surface area contributed by atoms with E-state index in [0.29, 0.717) is 19.1 Å². The third-order valence-corrected chi connectivity index (χ3v) is 5.08. The Bertz CT molecular complexity index is 314. The summed E-state index contributed by atoms with van der Waals surface area (Å²) in [6, 6.07) is 0. The highest BCUT2D eigenvalue weighted by molar-refractivity contribution is 4.93. The molecule has 3 fully saturated rings. The molecule has 3 aliphatic rings. The molecule has 104 valence electrons. The summed E-state index contributed by atoms with van der Waals surface area (Å²) >= 11 is 0. The van der Waals surface area contributed by atoms with Gasteiger partial charge < -0.3 is 14.6 Å². The van der Waals surface area contributed by atoms with Gasteiger partial charge in [0, 0.05) is 18.8 Å². The van der Waals surface area contributed by atoms with E-state index in [-0.39, 0.29) is 24.1 Å². The van der Waals surface area contributed by atoms with Crippen molar-refractivity contribution in [1.29, 1.82) is 0 Å². The molecule has 4 heteroatoms. The zero-order valence-corrected chi connectivity index (χ0v) is 11.6. The van der Waals surface area contributed by atoms with Gasteiger partial charge in [-0.05, 0) is 12.8 Å². The number of hydrogen-bond donors (Lipinski definition) is 2. The molecule has 0 radical (unpaired) electrons. The van der Waals surface area contributed by atoms with Gasteiger partial charge >= 0.3 is 0 Å². The minimum Gasteiger partial charge on any atom is -0.390 e. The predicted molar refractivity (Wildman–Crippen MR) is 67.1 cm³/mol. The van der Waals surface area contributed by atoms with E-state index in [1.165, 1.54) is 24.2 Å². The summed E-state index contributed by atoms with van der Waals surface area (Å²) in [5.74, 6) is 0.467. The van der Waals surface area contributed by atoms with E-state index in [0.717, 1.165) is 12.8 Å². The first-order valence-corrected chi connectivity index (χ1v) is 7.38. The molecular weight excluding hydrogens is 230 g/mol. The van der Waals surface area contributed by atoms with Crippen molar-refractivity contribution in [3.05, 3.63) is 0 Å². The van der Waals surface area contributed by atoms with Crippen molar-refractivity contribution in [1.82, 2.24) is 0 Å². The van der Waals surface area contributed by atoms with E-state index in [4.69, 9.17) is 9.47 Å². The summed E-state index contributed by atoms with van der Waals surface area (Å²) in [6.07, 6.45) is 6.23. The lowest BCUT2D eigenvalue weighted by molar-refractivity contribution is -1.02. The van der Waals surface area contributed by atoms with Crippen LogP contribution in [0.25, 0.3) is 0 Å². The highest BCUT2D eigenvalue weighted by Gasteiger charge is 2.67. The summed E-state index contributed by atoms with van der Waals surface area (Å²) in [4.78, 5) is 1.40. The molecule has 0 aromatic carbocycles. The van der Waals surface area contributed by atoms with Gasteiger partial charge in [0.15, 0.2) is 11.8 Å². The molecule has 2 aliphatic heterocycles. The first-order valence-electron chi connectivity index (χ1n) is 7.38. The number of ether oxygens (including phenoxy) is 2. The van der Waals surface area contributed by atoms with Crippen molar-refractivity contribution in [3.8, 4) is 0 Å². The Labute approximate surface area is 109 Å². The average Bonchev–Trinajstić information content (AvgIpc) is 2.90. The van der Waals surface area contributed by atoms with E-state index in [1.54, 1.807) is 0 Å². The number of quaternary nitrogens is 1. The van der Waals surface area contributed by atoms with Gasteiger partial charge in [0.1, 0.15) is 19.8 Å². The summed E-state index contributed by atoms with van der Waals surface area (Å²) in [7, 11) is 0. The number of hydrogen-bond acceptors (Lipinski definition) is 3. The molecule has 18 heavy (non-hydrogen) atoms. The van der Waals surface area contributed by atoms with E-state index in [1.807, 2.05) is 0 Å². The molecule has 4 nitrogen and oxygen atoms in total. The molecule has 2 heterocycles. The zero-order valence-electron chi connectivity index (χ0n) is 11.6. The lowest BCUT2D eigenvalue weighted by Gasteiger charge is -2.41. The fourth-order valence-electron chi connectivity index (χ4n) is 4.17. The highest BCUT2D eigenvalue weighted by Crippen LogP contribution is 2.35. The SMILES string of the molecule is CC(C)[C@H]1OC[C@]2(CO)COC3(CCCCC3)[NH+]12. The maximum atomic E-state index is 9.86. The summed E-state index contributed by atoms with van der Waals surface area (Å²) < 4.78 is 12.3. The fourth-order valence-corrected chi connectivity index (χ4v) is 4.17. The van der Waals surface area contributed by atoms with Crippen molar-refractivity contribution >= 4 is 0 Å². The standard InChI is InChI=1S/C14H25NO3/c1-11(2)12-15-13(8-16,9-17-12)10-18-14(15)6-4-3-5-7-14/h11-12,16H,3-10H2,1-2H3/p+1/t12-,13-/m1/s1. The van der Waals surface area contributed by atoms with Crippen LogP contribution >= 0.6 is 0 Å². The van der Waals surface area contributed by atoms with Crippen molar-refractivity contribution in [2.24, 2.45) is 5.92 Å². The Morgan fingerprint density at radius 2 is 1.94 bits per heavy atom. The molecule has 1 saturated carbocycles. The summed E-state index contributed by atoms with van der Waals surface area (Å²) in [5.41, 5.74) is -0.279. The average molecular weight is 256 g/mol. The Balaban J connectivity index is 1.93. The molecule has 1 spiro atoms. The number of nitrogens with one attached hydrogen (secondary N) is 1. The van der Waals surface area contributed by atoms with Crippen molar-refractivity contribution in [2.45, 2.75) is 63.4 Å². The van der Waals surface area contributed by atoms with Crippen LogP contribution in [0, 0.1) is 5.92 Å². The lowest BCUT2D eigenvalue weighted by atomic mass is 9.88. The van der Waals surface area contributed by atoms with Crippen LogP contribution in [0.15, 0.2) is 0 Å². The van der Waals surface area contributed by atoms with Crippen molar-refractivity contribution in [2.75, 3.05) is 19.8 Å². The van der Waals surface area contributed by atoms with E-state index < -0.39 is 0 Å². The Morgan fingerprint density at radius 3 is 2.56 bits per heavy atom. The van der Waals surface area contributed by atoms with Crippen LogP contribution in [0.4, 0.5) is 0 Å². The topological polar surface area (TPSA) is 43.1 Å². The van der Waals surface area contributed by atoms with Gasteiger partial charge in [-0.15, -0.1) is 0 Å². The minimum absolute atomic E-state index is 0.0770. The largest absolute Gasteiger partial charge is 0.390 e. The fraction of sp³-hybridized carbons (Fsp3) is 1.00. The van der Waals surface area contributed by atoms with Gasteiger partial charge in [-0.1, -0.05) is 20.3 Å². The smallest absolute Gasteiger partial charge is 0.204 e. The summed E-state index contributed by atoms with van der Waals surface area (Å²) in [5, 5.41) is 9.86. The third kappa shape index (κ3) is 1.66. The van der Waals surface area contributed by atoms with E-state index >= 15 is 0 Å². The molecule has 0 amide bonds. The molecule has 0 bridgehead atoms. The van der Waals surface area contributed by atoms with Gasteiger partial charge in [0.2, 0.25) is 5.72 Å². The number of aliphatic hydroxyl groups is 1. The Kier molecular flexibility index (Phi) is 3.17. The molecule has 0 aromatic rings. The van der Waals surface area contributed by atoms with Crippen LogP contribution in [0.1, 0.15) is 46.0 Å². The maximum Gasteiger partial charge on any atom is 0.204 e. The van der Waals surface area contributed by atoms with Crippen molar-refractivity contribution in [3.63, 3.8) is 0 Å². The molecule has 2 saturated heterocycles. The second-order valence-corrected chi connectivity index (χ2v) is 6.67. The highest BCUT2D eigenvalue weighted by atomic mass is 16.6. The van der Waals surface area contributed by atoms with Gasteiger partial charge in [0.25, 0.3) is 0 Å². The minimum atomic E-state index is -0.202. The second kappa shape index (κ2) is 4.44. The van der Waals surface area contributed by atoms with Crippen LogP contribution in [-0.4, -0.2) is 42.4 Å². The molecule has 3 atom stereocenters. The van der Waals surface area contributed by atoms with Crippen LogP contribution < -0.4 is 4.90 Å². The molecule has 3 rings (SSSR count). The van der Waals surface area contributed by atoms with Crippen LogP contribution in [0.3, 0.4) is 0 Å². The Morgan fingerprint density at radius 1 is 1.22 bits per heavy atom. The van der Waals surface area contributed by atoms with Gasteiger partial charge in [-0.25, -0.2) is 0 Å². The maximum absolute atomic E-state index is 9.86. The van der Waals surface area contributed by atoms with Crippen LogP contribution in [0.2, 0.25) is 0 Å². The first kappa shape index (κ1) is 12.9. The predicted octanol–water partition coefficient (Wildman–Crippen LogP) is 0.305. The zero-order chi connectivity index (χ0) is 12.8. The number of aliphatic hydroxyl groups excluding tert-OH is 1. The normalized spacial score (nSPS) is 42.7. The second-order valence-electron chi connectivity index (χ2n) is 6.67. The van der Waals surface area contributed by atoms with E-state index in [9.17, 15) is 5.11 Å². The molecule has 2 N–H and O–H groups in total. The lowest BCUT2D eigenvalue weighted by Crippen LogP contribution is -3.27. The van der Waals surface area contributed by atoms with E-state index in [2.05, 4.69) is 13.8 Å². The van der Waals surface area contributed by atoms with Crippen molar-refractivity contribution < 1.29 is 19.5 Å². The monoisotopic (exact) mass is 256 g/mol. The van der Waals surface area contributed by atoms with Gasteiger partial charge in [0.05, 0.1) is 0 Å². The molecule has 0 aromatic heterocycles. The van der Waals surface area contributed by atoms with Gasteiger partial charge in [-0.2, -0.15) is 0 Å². The van der Waals surface area contributed by atoms with Crippen LogP contribution in [-0.2, 0) is 9.47 Å². The van der Waals surface area contributed by atoms with Crippen LogP contribution in [0.5, 0.6) is 0 Å². The molecule has 1 unspecified atom stereocenters. The third-order valence-electron chi connectivity index (χ3n) is 5.08. The molecular formula is C14H26NO3+. The number of fused-ring (bicyclic) bond motifs is 2. The Hall–Kier alpha value is -0.160.